The Bertz CT molecular complexity index is 7660. The van der Waals surface area contributed by atoms with Crippen LogP contribution in [0.4, 0.5) is 0 Å². The van der Waals surface area contributed by atoms with E-state index in [2.05, 4.69) is 62.4 Å². The molecule has 5 aliphatic carbocycles. The summed E-state index contributed by atoms with van der Waals surface area (Å²) in [5.74, 6) is -1.33. The molecule has 1 unspecified atom stereocenters. The van der Waals surface area contributed by atoms with Gasteiger partial charge in [-0.15, -0.1) is 0 Å². The first kappa shape index (κ1) is 35.2. The van der Waals surface area contributed by atoms with E-state index in [0.29, 0.717) is 5.29 Å². The van der Waals surface area contributed by atoms with Crippen LogP contribution in [0.25, 0.3) is 291 Å². The van der Waals surface area contributed by atoms with Crippen molar-refractivity contribution in [3.05, 3.63) is 33.9 Å². The quantitative estimate of drug-likeness (QED) is 0.0934. The molecule has 0 saturated heterocycles. The third-order valence-electron chi connectivity index (χ3n) is 27.6. The maximum atomic E-state index is 16.6. The average molecular weight is 1050 g/mol. The number of carbonyl (C=O) groups is 2. The first-order valence-electron chi connectivity index (χ1n) is 29.6. The molecule has 82 heavy (non-hydrogen) atoms. The largest absolute Gasteiger partial charge is 0.469 e. The number of benzene rings is 18. The van der Waals surface area contributed by atoms with Crippen molar-refractivity contribution in [3.63, 3.8) is 0 Å². The molecule has 33 rings (SSSR count). The molecule has 0 aromatic heterocycles. The minimum Gasteiger partial charge on any atom is -0.469 e. The third-order valence-corrected chi connectivity index (χ3v) is 32.0. The highest BCUT2D eigenvalue weighted by Crippen LogP contribution is 2.87. The summed E-state index contributed by atoms with van der Waals surface area (Å²) in [5, 5.41) is 81.6. The molecule has 0 amide bonds. The average Bonchev–Trinajstić information content (AvgIpc) is 1.39. The van der Waals surface area contributed by atoms with Crippen molar-refractivity contribution in [2.24, 2.45) is 5.92 Å². The van der Waals surface area contributed by atoms with Gasteiger partial charge in [0.2, 0.25) is 0 Å². The summed E-state index contributed by atoms with van der Waals surface area (Å²) in [5.41, 5.74) is 4.35. The van der Waals surface area contributed by atoms with Crippen LogP contribution in [-0.2, 0) is 29.9 Å². The van der Waals surface area contributed by atoms with Crippen molar-refractivity contribution in [3.8, 4) is 0 Å². The van der Waals surface area contributed by atoms with Gasteiger partial charge in [0.05, 0.1) is 38.3 Å². The van der Waals surface area contributed by atoms with Crippen LogP contribution in [-0.4, -0.2) is 87.7 Å². The van der Waals surface area contributed by atoms with E-state index in [4.69, 9.17) is 9.47 Å². The van der Waals surface area contributed by atoms with Gasteiger partial charge in [-0.3, -0.25) is 18.8 Å². The monoisotopic (exact) mass is 1050 g/mol. The Kier molecular flexibility index (Phi) is 3.57. The lowest BCUT2D eigenvalue weighted by atomic mass is 9.46. The van der Waals surface area contributed by atoms with E-state index < -0.39 is 24.1 Å². The lowest BCUT2D eigenvalue weighted by molar-refractivity contribution is -0.145. The number of hydrogen-bond donors (Lipinski definition) is 0. The summed E-state index contributed by atoms with van der Waals surface area (Å²) < 4.78 is 19.8. The standard InChI is InChI=1S/C74H26N3O4P/c1-75(2)82(76(3)4,77(5)6)70(72(79)81-8)10-9-11(71(78)80-7)74-68-62-52-42-32-24-16-13-12-14-18-20(16)28-34-26(18)36-30-22(14)23-15(12)19-21-17(13)25(24)33-39-29(21)35-27(19)37-31(23)41-40(30)50-44(36)54-48(34)56(46(52)38(28)32)64(68)60(54)66-58(50)59-51(41)45(37)55-49(35)57-47(39)53(43(33)42)63(62)69(74)65(57)61(55)67(59)73(10,66)74/h9,11H,1-8H3. The summed E-state index contributed by atoms with van der Waals surface area (Å²) in [6, 6.07) is 0. The fraction of sp³-hybridized carbons (Fsp3) is 0.149. The van der Waals surface area contributed by atoms with Crippen LogP contribution < -0.4 is 0 Å². The normalized spacial score (nSPS) is 22.1. The zero-order chi connectivity index (χ0) is 51.7. The van der Waals surface area contributed by atoms with Gasteiger partial charge in [0.15, 0.2) is 0 Å². The Labute approximate surface area is 453 Å². The van der Waals surface area contributed by atoms with E-state index >= 15 is 9.59 Å². The van der Waals surface area contributed by atoms with Gasteiger partial charge in [0.1, 0.15) is 5.29 Å². The molecule has 0 bridgehead atoms. The van der Waals surface area contributed by atoms with E-state index in [1.54, 1.807) is 89.6 Å². The zero-order valence-corrected chi connectivity index (χ0v) is 45.5. The lowest BCUT2D eigenvalue weighted by Crippen LogP contribution is -2.56. The molecule has 366 valence electrons. The Morgan fingerprint density at radius 2 is 0.512 bits per heavy atom. The molecule has 0 radical (unpaired) electrons. The topological polar surface area (TPSA) is 62.3 Å². The molecule has 0 fully saturated rings. The van der Waals surface area contributed by atoms with Crippen LogP contribution in [0.3, 0.4) is 0 Å². The van der Waals surface area contributed by atoms with Crippen molar-refractivity contribution in [1.82, 2.24) is 14.0 Å². The minimum atomic E-state index is -3.02. The highest BCUT2D eigenvalue weighted by atomic mass is 31.2. The molecule has 0 heterocycles. The SMILES string of the molecule is COC(=O)C(C1=CC(C(=O)OC)C23c4c5c6c7c8c9c(c%10c%11c2c2c4c4c%12c5c5c6c6c8c8c%13c9c9c%10c%10c%11c%11c2c2c4c4c%12c%12c5c5c6c8c6c8c%13c9c9c%10c%10c%11c2c2c4c4c%12c5c6c5c8c9c%10c2c45)C173)=P(N(C)C)(N(C)C)N(C)C. The van der Waals surface area contributed by atoms with Crippen molar-refractivity contribution in [1.29, 1.82) is 0 Å². The lowest BCUT2D eigenvalue weighted by Gasteiger charge is -2.54. The van der Waals surface area contributed by atoms with Crippen LogP contribution in [0.1, 0.15) is 22.3 Å². The molecule has 7 nitrogen and oxygen atoms in total. The number of hydrogen-bond acceptors (Lipinski definition) is 7. The van der Waals surface area contributed by atoms with Gasteiger partial charge in [-0.25, -0.2) is 4.79 Å². The predicted molar refractivity (Wildman–Crippen MR) is 342 cm³/mol. The molecule has 5 aliphatic rings. The number of ether oxygens (including phenoxy) is 2. The fourth-order valence-corrected chi connectivity index (χ4v) is 31.8. The number of nitrogens with zero attached hydrogens (tertiary/aromatic N) is 3. The number of esters is 2. The fourth-order valence-electron chi connectivity index (χ4n) is 27.5. The molecule has 0 saturated carbocycles. The second-order valence-electron chi connectivity index (χ2n) is 28.8. The van der Waals surface area contributed by atoms with Crippen LogP contribution >= 0.6 is 7.34 Å². The smallest absolute Gasteiger partial charge is 0.342 e. The van der Waals surface area contributed by atoms with Gasteiger partial charge in [-0.2, -0.15) is 0 Å². The third kappa shape index (κ3) is 2.00. The molecule has 1 atom stereocenters. The van der Waals surface area contributed by atoms with Crippen molar-refractivity contribution >= 4 is 315 Å². The minimum absolute atomic E-state index is 0.223. The van der Waals surface area contributed by atoms with Gasteiger partial charge >= 0.3 is 11.9 Å². The second kappa shape index (κ2) is 8.32. The van der Waals surface area contributed by atoms with Gasteiger partial charge < -0.3 is 9.47 Å². The molecule has 8 heteroatoms. The summed E-state index contributed by atoms with van der Waals surface area (Å²) in [4.78, 5) is 33.0. The number of rotatable bonds is 6. The summed E-state index contributed by atoms with van der Waals surface area (Å²) >= 11 is 0. The van der Waals surface area contributed by atoms with E-state index in [-0.39, 0.29) is 11.9 Å². The van der Waals surface area contributed by atoms with Crippen molar-refractivity contribution in [2.45, 2.75) is 10.8 Å². The molecule has 0 aliphatic heterocycles. The Balaban J connectivity index is 1.10. The Morgan fingerprint density at radius 3 is 0.695 bits per heavy atom. The maximum absolute atomic E-state index is 16.6. The van der Waals surface area contributed by atoms with Gasteiger partial charge in [0.25, 0.3) is 0 Å². The highest BCUT2D eigenvalue weighted by Gasteiger charge is 2.77. The molecular weight excluding hydrogens is 1030 g/mol. The molecule has 2 spiro atoms. The zero-order valence-electron chi connectivity index (χ0n) is 44.6. The van der Waals surface area contributed by atoms with Crippen LogP contribution in [0.2, 0.25) is 0 Å². The Morgan fingerprint density at radius 1 is 0.317 bits per heavy atom. The van der Waals surface area contributed by atoms with Crippen LogP contribution in [0.5, 0.6) is 0 Å². The van der Waals surface area contributed by atoms with Gasteiger partial charge in [0, 0.05) is 0 Å². The predicted octanol–water partition coefficient (Wildman–Crippen LogP) is 16.8. The summed E-state index contributed by atoms with van der Waals surface area (Å²) in [7, 11) is 13.2. The summed E-state index contributed by atoms with van der Waals surface area (Å²) in [6.07, 6.45) is 2.37. The highest BCUT2D eigenvalue weighted by molar-refractivity contribution is 7.72. The van der Waals surface area contributed by atoms with Crippen LogP contribution in [0.15, 0.2) is 11.6 Å². The van der Waals surface area contributed by atoms with Gasteiger partial charge in [-0.1, -0.05) is 6.08 Å². The van der Waals surface area contributed by atoms with E-state index in [9.17, 15) is 0 Å². The van der Waals surface area contributed by atoms with E-state index in [1.807, 2.05) is 0 Å². The maximum Gasteiger partial charge on any atom is 0.342 e. The number of methoxy groups -OCH3 is 2. The Hall–Kier alpha value is -8.68. The first-order valence-corrected chi connectivity index (χ1v) is 31.2. The molecule has 28 aromatic rings. The van der Waals surface area contributed by atoms with Crippen molar-refractivity contribution < 1.29 is 19.1 Å². The van der Waals surface area contributed by atoms with E-state index in [1.165, 1.54) is 238 Å². The molecular formula is C74H26N3O4P. The molecule has 0 N–H and O–H groups in total. The number of carbonyl (C=O) groups excluding carboxylic acids is 2. The summed E-state index contributed by atoms with van der Waals surface area (Å²) in [6.45, 7) is 0. The van der Waals surface area contributed by atoms with Crippen LogP contribution in [0, 0.1) is 5.92 Å². The van der Waals surface area contributed by atoms with Gasteiger partial charge in [-0.05, 0) is 361 Å². The van der Waals surface area contributed by atoms with Crippen molar-refractivity contribution in [2.75, 3.05) is 56.5 Å². The second-order valence-corrected chi connectivity index (χ2v) is 32.8. The van der Waals surface area contributed by atoms with E-state index in [0.717, 1.165) is 5.57 Å². The molecule has 28 aromatic carbocycles. The first-order chi connectivity index (χ1) is 40.1.